The molecule has 0 saturated carbocycles. The lowest BCUT2D eigenvalue weighted by atomic mass is 10.1. The summed E-state index contributed by atoms with van der Waals surface area (Å²) < 4.78 is 13.7. The van der Waals surface area contributed by atoms with E-state index in [1.54, 1.807) is 17.4 Å². The maximum Gasteiger partial charge on any atom is 0.124 e. The molecule has 2 N–H and O–H groups in total. The van der Waals surface area contributed by atoms with Gasteiger partial charge in [-0.25, -0.2) is 9.37 Å². The second-order valence-electron chi connectivity index (χ2n) is 3.83. The molecule has 0 aliphatic carbocycles. The number of hydrogen-bond donors (Lipinski definition) is 1. The Bertz CT molecular complexity index is 527. The van der Waals surface area contributed by atoms with Crippen LogP contribution < -0.4 is 5.73 Å². The Balaban J connectivity index is 2.37. The van der Waals surface area contributed by atoms with Crippen molar-refractivity contribution < 1.29 is 4.39 Å². The maximum atomic E-state index is 13.0. The van der Waals surface area contributed by atoms with Crippen molar-refractivity contribution in [2.75, 3.05) is 6.54 Å². The summed E-state index contributed by atoms with van der Waals surface area (Å²) >= 11 is 4.93. The molecular weight excluding hydrogens is 303 g/mol. The number of benzene rings is 1. The summed E-state index contributed by atoms with van der Waals surface area (Å²) in [7, 11) is 0. The Morgan fingerprint density at radius 3 is 2.94 bits per heavy atom. The highest BCUT2D eigenvalue weighted by molar-refractivity contribution is 9.10. The van der Waals surface area contributed by atoms with Crippen LogP contribution in [-0.4, -0.2) is 11.5 Å². The Kier molecular flexibility index (Phi) is 3.91. The van der Waals surface area contributed by atoms with Crippen LogP contribution in [-0.2, 0) is 0 Å². The van der Waals surface area contributed by atoms with Gasteiger partial charge in [0.2, 0.25) is 0 Å². The number of rotatable bonds is 3. The van der Waals surface area contributed by atoms with E-state index in [-0.39, 0.29) is 11.7 Å². The zero-order chi connectivity index (χ0) is 12.4. The molecule has 17 heavy (non-hydrogen) atoms. The summed E-state index contributed by atoms with van der Waals surface area (Å²) in [5.41, 5.74) is 7.37. The zero-order valence-corrected chi connectivity index (χ0v) is 11.7. The van der Waals surface area contributed by atoms with Crippen molar-refractivity contribution in [2.45, 2.75) is 12.8 Å². The lowest BCUT2D eigenvalue weighted by Crippen LogP contribution is -2.08. The van der Waals surface area contributed by atoms with Gasteiger partial charge in [0.1, 0.15) is 5.82 Å². The fourth-order valence-corrected chi connectivity index (χ4v) is 2.88. The van der Waals surface area contributed by atoms with E-state index in [2.05, 4.69) is 20.9 Å². The van der Waals surface area contributed by atoms with E-state index in [0.717, 1.165) is 20.7 Å². The van der Waals surface area contributed by atoms with E-state index >= 15 is 0 Å². The van der Waals surface area contributed by atoms with Crippen LogP contribution in [0.4, 0.5) is 4.39 Å². The molecule has 5 heteroatoms. The first-order valence-electron chi connectivity index (χ1n) is 5.22. The average Bonchev–Trinajstić information content (AvgIpc) is 2.77. The molecule has 2 nitrogen and oxygen atoms in total. The minimum Gasteiger partial charge on any atom is -0.330 e. The molecule has 0 spiro atoms. The Morgan fingerprint density at radius 2 is 2.29 bits per heavy atom. The summed E-state index contributed by atoms with van der Waals surface area (Å²) in [4.78, 5) is 4.53. The first-order chi connectivity index (χ1) is 8.11. The molecule has 1 aromatic carbocycles. The van der Waals surface area contributed by atoms with Gasteiger partial charge in [0.05, 0.1) is 10.7 Å². The fourth-order valence-electron chi connectivity index (χ4n) is 1.44. The van der Waals surface area contributed by atoms with Crippen LogP contribution in [0.15, 0.2) is 28.1 Å². The number of halogens is 2. The molecule has 0 saturated heterocycles. The fraction of sp³-hybridized carbons (Fsp3) is 0.250. The van der Waals surface area contributed by atoms with Crippen molar-refractivity contribution in [3.8, 4) is 11.3 Å². The summed E-state index contributed by atoms with van der Waals surface area (Å²) in [5, 5.41) is 2.98. The van der Waals surface area contributed by atoms with Gasteiger partial charge in [-0.3, -0.25) is 0 Å². The van der Waals surface area contributed by atoms with Crippen LogP contribution in [0.5, 0.6) is 0 Å². The molecule has 1 atom stereocenters. The maximum absolute atomic E-state index is 13.0. The van der Waals surface area contributed by atoms with E-state index in [9.17, 15) is 4.39 Å². The summed E-state index contributed by atoms with van der Waals surface area (Å²) in [5.74, 6) is -0.000576. The molecule has 1 aromatic heterocycles. The van der Waals surface area contributed by atoms with Gasteiger partial charge >= 0.3 is 0 Å². The normalized spacial score (nSPS) is 12.7. The van der Waals surface area contributed by atoms with Gasteiger partial charge in [0.15, 0.2) is 0 Å². The lowest BCUT2D eigenvalue weighted by Gasteiger charge is -2.03. The highest BCUT2D eigenvalue weighted by atomic mass is 79.9. The largest absolute Gasteiger partial charge is 0.330 e. The van der Waals surface area contributed by atoms with Crippen molar-refractivity contribution >= 4 is 27.3 Å². The SMILES string of the molecule is CC(CN)c1nc(-c2ccc(F)cc2Br)cs1. The third-order valence-electron chi connectivity index (χ3n) is 2.50. The zero-order valence-electron chi connectivity index (χ0n) is 9.28. The number of nitrogens with two attached hydrogens (primary N) is 1. The quantitative estimate of drug-likeness (QED) is 0.936. The van der Waals surface area contributed by atoms with E-state index in [4.69, 9.17) is 5.73 Å². The summed E-state index contributed by atoms with van der Waals surface area (Å²) in [6.45, 7) is 2.62. The molecule has 0 fully saturated rings. The van der Waals surface area contributed by atoms with Crippen molar-refractivity contribution in [2.24, 2.45) is 5.73 Å². The first-order valence-corrected chi connectivity index (χ1v) is 6.90. The number of nitrogens with zero attached hydrogens (tertiary/aromatic N) is 1. The number of aromatic nitrogens is 1. The smallest absolute Gasteiger partial charge is 0.124 e. The minimum absolute atomic E-state index is 0.257. The van der Waals surface area contributed by atoms with Crippen LogP contribution in [0.1, 0.15) is 17.8 Å². The van der Waals surface area contributed by atoms with E-state index < -0.39 is 0 Å². The molecule has 0 aliphatic heterocycles. The molecule has 0 bridgehead atoms. The highest BCUT2D eigenvalue weighted by Crippen LogP contribution is 2.31. The molecule has 1 unspecified atom stereocenters. The van der Waals surface area contributed by atoms with Crippen LogP contribution in [0.25, 0.3) is 11.3 Å². The second kappa shape index (κ2) is 5.25. The monoisotopic (exact) mass is 314 g/mol. The predicted octanol–water partition coefficient (Wildman–Crippen LogP) is 3.77. The highest BCUT2D eigenvalue weighted by Gasteiger charge is 2.12. The second-order valence-corrected chi connectivity index (χ2v) is 5.58. The average molecular weight is 315 g/mol. The molecule has 1 heterocycles. The standard InChI is InChI=1S/C12H12BrFN2S/c1-7(5-15)12-16-11(6-17-12)9-3-2-8(14)4-10(9)13/h2-4,6-7H,5,15H2,1H3. The molecule has 0 amide bonds. The minimum atomic E-state index is -0.258. The van der Waals surface area contributed by atoms with Crippen molar-refractivity contribution in [3.05, 3.63) is 38.9 Å². The molecule has 90 valence electrons. The molecule has 0 aliphatic rings. The van der Waals surface area contributed by atoms with E-state index in [1.807, 2.05) is 12.3 Å². The van der Waals surface area contributed by atoms with Crippen LogP contribution >= 0.6 is 27.3 Å². The lowest BCUT2D eigenvalue weighted by molar-refractivity contribution is 0.627. The van der Waals surface area contributed by atoms with Crippen LogP contribution in [0.3, 0.4) is 0 Å². The van der Waals surface area contributed by atoms with Gasteiger partial charge in [-0.1, -0.05) is 6.92 Å². The van der Waals surface area contributed by atoms with Gasteiger partial charge in [0.25, 0.3) is 0 Å². The number of thiazole rings is 1. The topological polar surface area (TPSA) is 38.9 Å². The van der Waals surface area contributed by atoms with Gasteiger partial charge < -0.3 is 5.73 Å². The van der Waals surface area contributed by atoms with Gasteiger partial charge in [-0.05, 0) is 34.1 Å². The van der Waals surface area contributed by atoms with Crippen molar-refractivity contribution in [3.63, 3.8) is 0 Å². The van der Waals surface area contributed by atoms with Gasteiger partial charge in [0, 0.05) is 27.9 Å². The molecule has 0 radical (unpaired) electrons. The van der Waals surface area contributed by atoms with Crippen LogP contribution in [0, 0.1) is 5.82 Å². The summed E-state index contributed by atoms with van der Waals surface area (Å²) in [6.07, 6.45) is 0. The van der Waals surface area contributed by atoms with Gasteiger partial charge in [-0.2, -0.15) is 0 Å². The Labute approximate surface area is 112 Å². The first kappa shape index (κ1) is 12.7. The predicted molar refractivity (Wildman–Crippen MR) is 72.7 cm³/mol. The van der Waals surface area contributed by atoms with E-state index in [0.29, 0.717) is 6.54 Å². The third-order valence-corrected chi connectivity index (χ3v) is 4.24. The van der Waals surface area contributed by atoms with Crippen LogP contribution in [0.2, 0.25) is 0 Å². The molecule has 2 rings (SSSR count). The van der Waals surface area contributed by atoms with Crippen molar-refractivity contribution in [1.82, 2.24) is 4.98 Å². The molecular formula is C12H12BrFN2S. The summed E-state index contributed by atoms with van der Waals surface area (Å²) in [6, 6.07) is 4.61. The molecule has 2 aromatic rings. The Hall–Kier alpha value is -0.780. The van der Waals surface area contributed by atoms with Gasteiger partial charge in [-0.15, -0.1) is 11.3 Å². The third kappa shape index (κ3) is 2.73. The number of hydrogen-bond acceptors (Lipinski definition) is 3. The van der Waals surface area contributed by atoms with E-state index in [1.165, 1.54) is 12.1 Å². The van der Waals surface area contributed by atoms with Crippen molar-refractivity contribution in [1.29, 1.82) is 0 Å². The Morgan fingerprint density at radius 1 is 1.53 bits per heavy atom.